The predicted molar refractivity (Wildman–Crippen MR) is 89.3 cm³/mol. The third-order valence-electron chi connectivity index (χ3n) is 3.83. The minimum absolute atomic E-state index is 0.694. The molecule has 0 bridgehead atoms. The summed E-state index contributed by atoms with van der Waals surface area (Å²) in [5, 5.41) is 2.54. The molecule has 0 aliphatic carbocycles. The standard InChI is InChI=1S/C18H22N2O/c1-12-10-13(2)17-14-6-5-7-16(21-9-8-20(3)4)18(14)19-15(17)11-12/h5-7,10-11,19H,8-9H2,1-4H3. The number of aromatic amines is 1. The molecule has 0 saturated carbocycles. The zero-order chi connectivity index (χ0) is 15.0. The zero-order valence-corrected chi connectivity index (χ0v) is 13.2. The van der Waals surface area contributed by atoms with Crippen molar-refractivity contribution in [2.24, 2.45) is 0 Å². The normalized spacial score (nSPS) is 11.7. The number of rotatable bonds is 4. The lowest BCUT2D eigenvalue weighted by molar-refractivity contribution is 0.263. The molecule has 0 atom stereocenters. The van der Waals surface area contributed by atoms with Crippen LogP contribution >= 0.6 is 0 Å². The van der Waals surface area contributed by atoms with E-state index in [9.17, 15) is 0 Å². The number of hydrogen-bond donors (Lipinski definition) is 1. The van der Waals surface area contributed by atoms with Crippen molar-refractivity contribution in [1.29, 1.82) is 0 Å². The second kappa shape index (κ2) is 5.41. The van der Waals surface area contributed by atoms with E-state index < -0.39 is 0 Å². The van der Waals surface area contributed by atoms with Crippen LogP contribution in [0.3, 0.4) is 0 Å². The molecule has 1 aromatic heterocycles. The summed E-state index contributed by atoms with van der Waals surface area (Å²) in [5.74, 6) is 0.933. The minimum Gasteiger partial charge on any atom is -0.490 e. The van der Waals surface area contributed by atoms with Crippen molar-refractivity contribution in [2.75, 3.05) is 27.2 Å². The Morgan fingerprint density at radius 3 is 2.71 bits per heavy atom. The largest absolute Gasteiger partial charge is 0.490 e. The minimum atomic E-state index is 0.694. The van der Waals surface area contributed by atoms with Gasteiger partial charge in [-0.15, -0.1) is 0 Å². The maximum atomic E-state index is 5.96. The van der Waals surface area contributed by atoms with Gasteiger partial charge in [-0.05, 0) is 51.2 Å². The van der Waals surface area contributed by atoms with Gasteiger partial charge in [0.25, 0.3) is 0 Å². The summed E-state index contributed by atoms with van der Waals surface area (Å²) >= 11 is 0. The summed E-state index contributed by atoms with van der Waals surface area (Å²) in [7, 11) is 4.11. The summed E-state index contributed by atoms with van der Waals surface area (Å²) in [4.78, 5) is 5.65. The second-order valence-electron chi connectivity index (χ2n) is 5.96. The Morgan fingerprint density at radius 2 is 1.95 bits per heavy atom. The van der Waals surface area contributed by atoms with Crippen LogP contribution in [0.25, 0.3) is 21.8 Å². The molecule has 0 radical (unpaired) electrons. The molecule has 0 saturated heterocycles. The van der Waals surface area contributed by atoms with Gasteiger partial charge in [0.2, 0.25) is 0 Å². The van der Waals surface area contributed by atoms with Gasteiger partial charge in [0.15, 0.2) is 0 Å². The monoisotopic (exact) mass is 282 g/mol. The fourth-order valence-corrected chi connectivity index (χ4v) is 2.89. The Morgan fingerprint density at radius 1 is 1.14 bits per heavy atom. The fraction of sp³-hybridized carbons (Fsp3) is 0.333. The molecule has 0 fully saturated rings. The van der Waals surface area contributed by atoms with Crippen LogP contribution in [-0.4, -0.2) is 37.1 Å². The lowest BCUT2D eigenvalue weighted by atomic mass is 10.0. The number of aromatic nitrogens is 1. The van der Waals surface area contributed by atoms with Gasteiger partial charge >= 0.3 is 0 Å². The maximum absolute atomic E-state index is 5.96. The van der Waals surface area contributed by atoms with Gasteiger partial charge in [-0.1, -0.05) is 18.2 Å². The smallest absolute Gasteiger partial charge is 0.143 e. The van der Waals surface area contributed by atoms with Gasteiger partial charge in [0.1, 0.15) is 12.4 Å². The van der Waals surface area contributed by atoms with Crippen LogP contribution in [0, 0.1) is 13.8 Å². The van der Waals surface area contributed by atoms with E-state index in [-0.39, 0.29) is 0 Å². The lowest BCUT2D eigenvalue weighted by Gasteiger charge is -2.11. The van der Waals surface area contributed by atoms with E-state index >= 15 is 0 Å². The van der Waals surface area contributed by atoms with Crippen LogP contribution in [0.5, 0.6) is 5.75 Å². The molecular weight excluding hydrogens is 260 g/mol. The maximum Gasteiger partial charge on any atom is 0.143 e. The van der Waals surface area contributed by atoms with Crippen LogP contribution in [0.15, 0.2) is 30.3 Å². The molecule has 3 aromatic rings. The zero-order valence-electron chi connectivity index (χ0n) is 13.2. The van der Waals surface area contributed by atoms with E-state index in [0.29, 0.717) is 6.61 Å². The molecule has 2 aromatic carbocycles. The molecule has 1 heterocycles. The Labute approximate surface area is 125 Å². The summed E-state index contributed by atoms with van der Waals surface area (Å²) < 4.78 is 5.96. The molecule has 110 valence electrons. The third-order valence-corrected chi connectivity index (χ3v) is 3.83. The van der Waals surface area contributed by atoms with Crippen LogP contribution in [0.4, 0.5) is 0 Å². The molecule has 3 nitrogen and oxygen atoms in total. The predicted octanol–water partition coefficient (Wildman–Crippen LogP) is 3.88. The Kier molecular flexibility index (Phi) is 3.60. The van der Waals surface area contributed by atoms with E-state index in [0.717, 1.165) is 17.8 Å². The summed E-state index contributed by atoms with van der Waals surface area (Å²) in [6, 6.07) is 10.7. The van der Waals surface area contributed by atoms with Crippen molar-refractivity contribution in [3.05, 3.63) is 41.5 Å². The van der Waals surface area contributed by atoms with Crippen LogP contribution in [0.2, 0.25) is 0 Å². The van der Waals surface area contributed by atoms with Gasteiger partial charge in [-0.2, -0.15) is 0 Å². The lowest BCUT2D eigenvalue weighted by Crippen LogP contribution is -2.19. The first-order chi connectivity index (χ1) is 10.1. The van der Waals surface area contributed by atoms with Crippen molar-refractivity contribution >= 4 is 21.8 Å². The first-order valence-corrected chi connectivity index (χ1v) is 7.35. The number of nitrogens with zero attached hydrogens (tertiary/aromatic N) is 1. The molecule has 0 unspecified atom stereocenters. The summed E-state index contributed by atoms with van der Waals surface area (Å²) in [6.07, 6.45) is 0. The van der Waals surface area contributed by atoms with Crippen molar-refractivity contribution in [3.63, 3.8) is 0 Å². The molecule has 3 rings (SSSR count). The van der Waals surface area contributed by atoms with Gasteiger partial charge in [-0.25, -0.2) is 0 Å². The topological polar surface area (TPSA) is 28.3 Å². The molecular formula is C18H22N2O. The van der Waals surface area contributed by atoms with Gasteiger partial charge in [-0.3, -0.25) is 0 Å². The number of H-pyrrole nitrogens is 1. The van der Waals surface area contributed by atoms with E-state index in [1.54, 1.807) is 0 Å². The molecule has 1 N–H and O–H groups in total. The van der Waals surface area contributed by atoms with Crippen molar-refractivity contribution in [1.82, 2.24) is 9.88 Å². The highest BCUT2D eigenvalue weighted by atomic mass is 16.5. The van der Waals surface area contributed by atoms with Crippen LogP contribution in [-0.2, 0) is 0 Å². The van der Waals surface area contributed by atoms with E-state index in [1.165, 1.54) is 27.4 Å². The average Bonchev–Trinajstić information content (AvgIpc) is 2.77. The van der Waals surface area contributed by atoms with Crippen molar-refractivity contribution < 1.29 is 4.74 Å². The van der Waals surface area contributed by atoms with E-state index in [2.05, 4.69) is 62.1 Å². The molecule has 0 aliphatic rings. The number of ether oxygens (including phenoxy) is 1. The SMILES string of the molecule is Cc1cc(C)c2c(c1)[nH]c1c(OCCN(C)C)cccc12. The van der Waals surface area contributed by atoms with E-state index in [4.69, 9.17) is 4.74 Å². The van der Waals surface area contributed by atoms with Gasteiger partial charge < -0.3 is 14.6 Å². The first kappa shape index (κ1) is 14.0. The molecule has 0 spiro atoms. The van der Waals surface area contributed by atoms with Crippen LogP contribution < -0.4 is 4.74 Å². The Balaban J connectivity index is 2.09. The van der Waals surface area contributed by atoms with Crippen molar-refractivity contribution in [2.45, 2.75) is 13.8 Å². The number of nitrogens with one attached hydrogen (secondary N) is 1. The average molecular weight is 282 g/mol. The van der Waals surface area contributed by atoms with Crippen molar-refractivity contribution in [3.8, 4) is 5.75 Å². The first-order valence-electron chi connectivity index (χ1n) is 7.35. The summed E-state index contributed by atoms with van der Waals surface area (Å²) in [5.41, 5.74) is 4.87. The Hall–Kier alpha value is -2.00. The number of likely N-dealkylation sites (N-methyl/N-ethyl adjacent to an activating group) is 1. The number of fused-ring (bicyclic) bond motifs is 3. The van der Waals surface area contributed by atoms with Gasteiger partial charge in [0, 0.05) is 22.8 Å². The Bertz CT molecular complexity index is 787. The third kappa shape index (κ3) is 2.61. The highest BCUT2D eigenvalue weighted by Crippen LogP contribution is 2.34. The van der Waals surface area contributed by atoms with Crippen LogP contribution in [0.1, 0.15) is 11.1 Å². The molecule has 0 aliphatic heterocycles. The number of aryl methyl sites for hydroxylation is 2. The fourth-order valence-electron chi connectivity index (χ4n) is 2.89. The van der Waals surface area contributed by atoms with E-state index in [1.807, 2.05) is 6.07 Å². The summed E-state index contributed by atoms with van der Waals surface area (Å²) in [6.45, 7) is 5.91. The molecule has 3 heteroatoms. The molecule has 0 amide bonds. The highest BCUT2D eigenvalue weighted by molar-refractivity contribution is 6.10. The second-order valence-corrected chi connectivity index (χ2v) is 5.96. The quantitative estimate of drug-likeness (QED) is 0.786. The number of para-hydroxylation sites is 1. The number of hydrogen-bond acceptors (Lipinski definition) is 2. The highest BCUT2D eigenvalue weighted by Gasteiger charge is 2.11. The van der Waals surface area contributed by atoms with Gasteiger partial charge in [0.05, 0.1) is 5.52 Å². The molecule has 21 heavy (non-hydrogen) atoms. The number of benzene rings is 2.